The minimum absolute atomic E-state index is 0.0428. The second-order valence-corrected chi connectivity index (χ2v) is 3.38. The molecule has 0 aromatic heterocycles. The summed E-state index contributed by atoms with van der Waals surface area (Å²) in [6, 6.07) is 0.524. The Morgan fingerprint density at radius 2 is 2.10 bits per heavy atom. The van der Waals surface area contributed by atoms with Crippen LogP contribution in [0.3, 0.4) is 0 Å². The first kappa shape index (κ1) is 6.58. The highest BCUT2D eigenvalue weighted by atomic mass is 16.5. The Bertz CT molecular complexity index is 138. The molecule has 0 radical (unpaired) electrons. The molecule has 3 heteroatoms. The van der Waals surface area contributed by atoms with Crippen molar-refractivity contribution in [3.8, 4) is 0 Å². The SMILES string of the molecule is OC(O)[C@H]1N[C@@H]2CC[C@H]1C2. The standard InChI is InChI=1S/C7H13NO2/c9-7(10)6-4-1-2-5(3-4)8-6/h4-10H,1-3H2/t4-,5+,6-/m0/s1. The summed E-state index contributed by atoms with van der Waals surface area (Å²) < 4.78 is 0. The molecule has 0 amide bonds. The molecule has 2 aliphatic rings. The molecule has 0 aromatic rings. The first-order chi connectivity index (χ1) is 4.77. The van der Waals surface area contributed by atoms with E-state index in [-0.39, 0.29) is 6.04 Å². The van der Waals surface area contributed by atoms with E-state index in [0.717, 1.165) is 6.42 Å². The zero-order valence-electron chi connectivity index (χ0n) is 5.83. The lowest BCUT2D eigenvalue weighted by Crippen LogP contribution is -2.44. The largest absolute Gasteiger partial charge is 0.367 e. The number of aliphatic hydroxyl groups is 2. The van der Waals surface area contributed by atoms with Gasteiger partial charge in [-0.05, 0) is 25.2 Å². The monoisotopic (exact) mass is 143 g/mol. The molecule has 1 heterocycles. The Labute approximate surface area is 60.1 Å². The lowest BCUT2D eigenvalue weighted by Gasteiger charge is -2.24. The van der Waals surface area contributed by atoms with Crippen LogP contribution in [0.1, 0.15) is 19.3 Å². The van der Waals surface area contributed by atoms with Crippen molar-refractivity contribution in [3.05, 3.63) is 0 Å². The quantitative estimate of drug-likeness (QED) is 0.431. The van der Waals surface area contributed by atoms with Crippen molar-refractivity contribution in [2.24, 2.45) is 5.92 Å². The predicted molar refractivity (Wildman–Crippen MR) is 36.3 cm³/mol. The number of nitrogens with one attached hydrogen (secondary N) is 1. The van der Waals surface area contributed by atoms with E-state index in [4.69, 9.17) is 10.2 Å². The van der Waals surface area contributed by atoms with Gasteiger partial charge in [0.25, 0.3) is 0 Å². The van der Waals surface area contributed by atoms with Crippen LogP contribution in [0.4, 0.5) is 0 Å². The Morgan fingerprint density at radius 1 is 1.30 bits per heavy atom. The first-order valence-electron chi connectivity index (χ1n) is 3.89. The second-order valence-electron chi connectivity index (χ2n) is 3.38. The maximum atomic E-state index is 8.87. The summed E-state index contributed by atoms with van der Waals surface area (Å²) in [6.07, 6.45) is 2.37. The number of fused-ring (bicyclic) bond motifs is 2. The van der Waals surface area contributed by atoms with Crippen LogP contribution in [0.25, 0.3) is 0 Å². The van der Waals surface area contributed by atoms with Gasteiger partial charge in [0.2, 0.25) is 0 Å². The molecule has 3 N–H and O–H groups in total. The molecule has 10 heavy (non-hydrogen) atoms. The van der Waals surface area contributed by atoms with E-state index in [2.05, 4.69) is 5.32 Å². The van der Waals surface area contributed by atoms with Gasteiger partial charge in [0.15, 0.2) is 6.29 Å². The fraction of sp³-hybridized carbons (Fsp3) is 1.00. The highest BCUT2D eigenvalue weighted by molar-refractivity contribution is 4.97. The van der Waals surface area contributed by atoms with Crippen LogP contribution < -0.4 is 5.32 Å². The van der Waals surface area contributed by atoms with Crippen LogP contribution >= 0.6 is 0 Å². The van der Waals surface area contributed by atoms with Crippen molar-refractivity contribution in [1.82, 2.24) is 5.32 Å². The van der Waals surface area contributed by atoms with Crippen LogP contribution in [-0.4, -0.2) is 28.6 Å². The number of hydrogen-bond donors (Lipinski definition) is 3. The van der Waals surface area contributed by atoms with Crippen molar-refractivity contribution < 1.29 is 10.2 Å². The van der Waals surface area contributed by atoms with Gasteiger partial charge >= 0.3 is 0 Å². The van der Waals surface area contributed by atoms with E-state index in [0.29, 0.717) is 12.0 Å². The third-order valence-electron chi connectivity index (χ3n) is 2.73. The zero-order chi connectivity index (χ0) is 7.14. The summed E-state index contributed by atoms with van der Waals surface area (Å²) in [7, 11) is 0. The van der Waals surface area contributed by atoms with Crippen molar-refractivity contribution >= 4 is 0 Å². The average Bonchev–Trinajstić information content (AvgIpc) is 2.44. The Morgan fingerprint density at radius 3 is 2.40 bits per heavy atom. The summed E-state index contributed by atoms with van der Waals surface area (Å²) in [4.78, 5) is 0. The lowest BCUT2D eigenvalue weighted by molar-refractivity contribution is -0.0764. The molecule has 0 unspecified atom stereocenters. The maximum Gasteiger partial charge on any atom is 0.167 e. The molecule has 3 atom stereocenters. The van der Waals surface area contributed by atoms with Gasteiger partial charge in [-0.25, -0.2) is 0 Å². The molecule has 1 aliphatic carbocycles. The number of hydrogen-bond acceptors (Lipinski definition) is 3. The van der Waals surface area contributed by atoms with Gasteiger partial charge < -0.3 is 15.5 Å². The van der Waals surface area contributed by atoms with Crippen molar-refractivity contribution in [2.75, 3.05) is 0 Å². The number of rotatable bonds is 1. The van der Waals surface area contributed by atoms with E-state index < -0.39 is 6.29 Å². The zero-order valence-corrected chi connectivity index (χ0v) is 5.83. The highest BCUT2D eigenvalue weighted by Gasteiger charge is 2.41. The molecule has 1 aliphatic heterocycles. The first-order valence-corrected chi connectivity index (χ1v) is 3.89. The topological polar surface area (TPSA) is 52.5 Å². The van der Waals surface area contributed by atoms with E-state index >= 15 is 0 Å². The summed E-state index contributed by atoms with van der Waals surface area (Å²) in [6.45, 7) is 0. The fourth-order valence-corrected chi connectivity index (χ4v) is 2.23. The fourth-order valence-electron chi connectivity index (χ4n) is 2.23. The minimum atomic E-state index is -1.16. The average molecular weight is 143 g/mol. The van der Waals surface area contributed by atoms with Crippen LogP contribution in [0.15, 0.2) is 0 Å². The van der Waals surface area contributed by atoms with Crippen LogP contribution in [0, 0.1) is 5.92 Å². The Hall–Kier alpha value is -0.120. The summed E-state index contributed by atoms with van der Waals surface area (Å²) >= 11 is 0. The Kier molecular flexibility index (Phi) is 1.44. The molecule has 3 nitrogen and oxygen atoms in total. The summed E-state index contributed by atoms with van der Waals surface area (Å²) in [5.41, 5.74) is 0. The van der Waals surface area contributed by atoms with Gasteiger partial charge in [0.05, 0.1) is 6.04 Å². The molecule has 0 aromatic carbocycles. The van der Waals surface area contributed by atoms with Gasteiger partial charge in [0, 0.05) is 6.04 Å². The molecule has 1 saturated heterocycles. The Balaban J connectivity index is 2.02. The van der Waals surface area contributed by atoms with Crippen molar-refractivity contribution in [3.63, 3.8) is 0 Å². The third kappa shape index (κ3) is 0.856. The smallest absolute Gasteiger partial charge is 0.167 e. The molecular formula is C7H13NO2. The molecular weight excluding hydrogens is 130 g/mol. The van der Waals surface area contributed by atoms with E-state index in [1.165, 1.54) is 12.8 Å². The summed E-state index contributed by atoms with van der Waals surface area (Å²) in [5.74, 6) is 0.519. The molecule has 2 rings (SSSR count). The van der Waals surface area contributed by atoms with Gasteiger partial charge in [-0.15, -0.1) is 0 Å². The van der Waals surface area contributed by atoms with Crippen LogP contribution in [0.2, 0.25) is 0 Å². The summed E-state index contributed by atoms with van der Waals surface area (Å²) in [5, 5.41) is 20.9. The molecule has 0 spiro atoms. The van der Waals surface area contributed by atoms with Crippen molar-refractivity contribution in [1.29, 1.82) is 0 Å². The number of piperidine rings is 1. The van der Waals surface area contributed by atoms with Gasteiger partial charge in [0.1, 0.15) is 0 Å². The lowest BCUT2D eigenvalue weighted by atomic mass is 10.00. The van der Waals surface area contributed by atoms with E-state index in [9.17, 15) is 0 Å². The van der Waals surface area contributed by atoms with E-state index in [1.807, 2.05) is 0 Å². The van der Waals surface area contributed by atoms with Crippen molar-refractivity contribution in [2.45, 2.75) is 37.6 Å². The maximum absolute atomic E-state index is 8.87. The highest BCUT2D eigenvalue weighted by Crippen LogP contribution is 2.35. The molecule has 2 bridgehead atoms. The van der Waals surface area contributed by atoms with Crippen LogP contribution in [0.5, 0.6) is 0 Å². The third-order valence-corrected chi connectivity index (χ3v) is 2.73. The number of aliphatic hydroxyl groups excluding tert-OH is 1. The van der Waals surface area contributed by atoms with Gasteiger partial charge in [-0.3, -0.25) is 0 Å². The van der Waals surface area contributed by atoms with Crippen LogP contribution in [-0.2, 0) is 0 Å². The van der Waals surface area contributed by atoms with Gasteiger partial charge in [-0.2, -0.15) is 0 Å². The molecule has 1 saturated carbocycles. The molecule has 58 valence electrons. The van der Waals surface area contributed by atoms with Gasteiger partial charge in [-0.1, -0.05) is 0 Å². The second kappa shape index (κ2) is 2.19. The normalized spacial score (nSPS) is 45.3. The molecule has 2 fully saturated rings. The van der Waals surface area contributed by atoms with E-state index in [1.54, 1.807) is 0 Å². The minimum Gasteiger partial charge on any atom is -0.367 e. The predicted octanol–water partition coefficient (Wildman–Crippen LogP) is -0.562.